The molecule has 4 rings (SSSR count). The van der Waals surface area contributed by atoms with Gasteiger partial charge in [-0.1, -0.05) is 0 Å². The first-order valence-corrected chi connectivity index (χ1v) is 9.06. The second kappa shape index (κ2) is 7.23. The van der Waals surface area contributed by atoms with Crippen LogP contribution in [0.2, 0.25) is 0 Å². The van der Waals surface area contributed by atoms with Gasteiger partial charge in [0.25, 0.3) is 0 Å². The fraction of sp³-hybridized carbons (Fsp3) is 0.500. The van der Waals surface area contributed by atoms with Gasteiger partial charge < -0.3 is 9.80 Å². The van der Waals surface area contributed by atoms with E-state index in [9.17, 15) is 9.59 Å². The molecule has 0 radical (unpaired) electrons. The van der Waals surface area contributed by atoms with E-state index in [1.165, 1.54) is 0 Å². The summed E-state index contributed by atoms with van der Waals surface area (Å²) in [6.07, 6.45) is 9.33. The maximum atomic E-state index is 12.7. The summed E-state index contributed by atoms with van der Waals surface area (Å²) in [5.41, 5.74) is 0. The molecule has 0 aromatic carbocycles. The SMILES string of the molecule is O=C1CCC(C(=O)N2CCN(c3cc(-n4ccnc4)ncn3)CC2)CC1. The standard InChI is InChI=1S/C18H22N6O2/c25-15-3-1-14(2-4-15)18(26)23-9-7-22(8-10-23)16-11-17(21-12-20-16)24-6-5-19-13-24/h5-6,11-14H,1-4,7-10H2. The van der Waals surface area contributed by atoms with Crippen LogP contribution in [0.25, 0.3) is 5.82 Å². The van der Waals surface area contributed by atoms with Crippen LogP contribution in [0.4, 0.5) is 5.82 Å². The van der Waals surface area contributed by atoms with Crippen molar-refractivity contribution in [3.8, 4) is 5.82 Å². The molecule has 8 nitrogen and oxygen atoms in total. The Kier molecular flexibility index (Phi) is 4.64. The Morgan fingerprint density at radius 3 is 2.46 bits per heavy atom. The zero-order chi connectivity index (χ0) is 17.9. The number of carbonyl (C=O) groups excluding carboxylic acids is 2. The van der Waals surface area contributed by atoms with Gasteiger partial charge in [0.05, 0.1) is 0 Å². The first-order chi connectivity index (χ1) is 12.7. The maximum absolute atomic E-state index is 12.7. The van der Waals surface area contributed by atoms with E-state index in [0.29, 0.717) is 38.8 Å². The van der Waals surface area contributed by atoms with E-state index < -0.39 is 0 Å². The van der Waals surface area contributed by atoms with Gasteiger partial charge in [-0.25, -0.2) is 15.0 Å². The fourth-order valence-corrected chi connectivity index (χ4v) is 3.65. The summed E-state index contributed by atoms with van der Waals surface area (Å²) in [5.74, 6) is 2.15. The molecule has 1 saturated heterocycles. The lowest BCUT2D eigenvalue weighted by molar-refractivity contribution is -0.137. The largest absolute Gasteiger partial charge is 0.353 e. The minimum atomic E-state index is 0.0196. The number of rotatable bonds is 3. The van der Waals surface area contributed by atoms with Gasteiger partial charge in [0.1, 0.15) is 30.1 Å². The number of ketones is 1. The Morgan fingerprint density at radius 1 is 1.04 bits per heavy atom. The summed E-state index contributed by atoms with van der Waals surface area (Å²) in [6, 6.07) is 1.94. The van der Waals surface area contributed by atoms with Crippen LogP contribution in [0.15, 0.2) is 31.1 Å². The quantitative estimate of drug-likeness (QED) is 0.820. The molecule has 26 heavy (non-hydrogen) atoms. The lowest BCUT2D eigenvalue weighted by Gasteiger charge is -2.37. The van der Waals surface area contributed by atoms with Gasteiger partial charge in [-0.15, -0.1) is 0 Å². The highest BCUT2D eigenvalue weighted by molar-refractivity contribution is 5.84. The highest BCUT2D eigenvalue weighted by atomic mass is 16.2. The second-order valence-electron chi connectivity index (χ2n) is 6.83. The fourth-order valence-electron chi connectivity index (χ4n) is 3.65. The molecule has 136 valence electrons. The summed E-state index contributed by atoms with van der Waals surface area (Å²) >= 11 is 0. The van der Waals surface area contributed by atoms with E-state index in [4.69, 9.17) is 0 Å². The molecule has 0 atom stereocenters. The molecule has 1 aliphatic carbocycles. The molecule has 2 aromatic heterocycles. The predicted octanol–water partition coefficient (Wildman–Crippen LogP) is 1.07. The third-order valence-corrected chi connectivity index (χ3v) is 5.22. The zero-order valence-electron chi connectivity index (χ0n) is 14.6. The summed E-state index contributed by atoms with van der Waals surface area (Å²) in [6.45, 7) is 2.87. The lowest BCUT2D eigenvalue weighted by Crippen LogP contribution is -2.51. The van der Waals surface area contributed by atoms with E-state index in [1.54, 1.807) is 18.9 Å². The van der Waals surface area contributed by atoms with Crippen molar-refractivity contribution in [2.45, 2.75) is 25.7 Å². The number of nitrogens with zero attached hydrogens (tertiary/aromatic N) is 6. The Hall–Kier alpha value is -2.77. The molecule has 1 saturated carbocycles. The second-order valence-corrected chi connectivity index (χ2v) is 6.83. The first kappa shape index (κ1) is 16.7. The Balaban J connectivity index is 1.37. The van der Waals surface area contributed by atoms with Crippen molar-refractivity contribution in [3.05, 3.63) is 31.1 Å². The van der Waals surface area contributed by atoms with E-state index in [0.717, 1.165) is 24.7 Å². The summed E-state index contributed by atoms with van der Waals surface area (Å²) in [5, 5.41) is 0. The number of aromatic nitrogens is 4. The molecule has 0 spiro atoms. The minimum Gasteiger partial charge on any atom is -0.353 e. The molecule has 0 unspecified atom stereocenters. The van der Waals surface area contributed by atoms with Gasteiger partial charge in [-0.05, 0) is 12.8 Å². The average molecular weight is 354 g/mol. The highest BCUT2D eigenvalue weighted by Crippen LogP contribution is 2.24. The van der Waals surface area contributed by atoms with E-state index in [-0.39, 0.29) is 17.6 Å². The van der Waals surface area contributed by atoms with Crippen LogP contribution in [0.3, 0.4) is 0 Å². The molecular weight excluding hydrogens is 332 g/mol. The van der Waals surface area contributed by atoms with E-state index in [1.807, 2.05) is 21.7 Å². The van der Waals surface area contributed by atoms with Crippen LogP contribution in [0, 0.1) is 5.92 Å². The number of hydrogen-bond donors (Lipinski definition) is 0. The topological polar surface area (TPSA) is 84.2 Å². The van der Waals surface area contributed by atoms with Crippen LogP contribution < -0.4 is 4.90 Å². The molecule has 0 bridgehead atoms. The predicted molar refractivity (Wildman–Crippen MR) is 94.9 cm³/mol. The molecule has 3 heterocycles. The van der Waals surface area contributed by atoms with Gasteiger partial charge in [-0.2, -0.15) is 0 Å². The third kappa shape index (κ3) is 3.44. The van der Waals surface area contributed by atoms with Crippen LogP contribution in [-0.2, 0) is 9.59 Å². The first-order valence-electron chi connectivity index (χ1n) is 9.06. The monoisotopic (exact) mass is 354 g/mol. The minimum absolute atomic E-state index is 0.0196. The van der Waals surface area contributed by atoms with Crippen LogP contribution >= 0.6 is 0 Å². The molecule has 0 N–H and O–H groups in total. The van der Waals surface area contributed by atoms with Crippen LogP contribution in [0.5, 0.6) is 0 Å². The lowest BCUT2D eigenvalue weighted by atomic mass is 9.87. The molecule has 2 aliphatic rings. The molecule has 2 aromatic rings. The number of amides is 1. The van der Waals surface area contributed by atoms with Gasteiger partial charge in [0.15, 0.2) is 0 Å². The highest BCUT2D eigenvalue weighted by Gasteiger charge is 2.30. The van der Waals surface area contributed by atoms with E-state index >= 15 is 0 Å². The molecule has 1 amide bonds. The summed E-state index contributed by atoms with van der Waals surface area (Å²) < 4.78 is 1.84. The molecular formula is C18H22N6O2. The van der Waals surface area contributed by atoms with Gasteiger partial charge in [-0.3, -0.25) is 14.2 Å². The van der Waals surface area contributed by atoms with Crippen molar-refractivity contribution in [1.29, 1.82) is 0 Å². The third-order valence-electron chi connectivity index (χ3n) is 5.22. The van der Waals surface area contributed by atoms with Gasteiger partial charge >= 0.3 is 0 Å². The summed E-state index contributed by atoms with van der Waals surface area (Å²) in [7, 11) is 0. The van der Waals surface area contributed by atoms with Crippen molar-refractivity contribution >= 4 is 17.5 Å². The normalized spacial score (nSPS) is 19.0. The number of hydrogen-bond acceptors (Lipinski definition) is 6. The van der Waals surface area contributed by atoms with Crippen molar-refractivity contribution in [2.75, 3.05) is 31.1 Å². The Labute approximate surface area is 151 Å². The Bertz CT molecular complexity index is 773. The van der Waals surface area contributed by atoms with Crippen molar-refractivity contribution in [1.82, 2.24) is 24.4 Å². The Morgan fingerprint density at radius 2 is 1.77 bits per heavy atom. The van der Waals surface area contributed by atoms with Gasteiger partial charge in [0.2, 0.25) is 5.91 Å². The van der Waals surface area contributed by atoms with Gasteiger partial charge in [0, 0.05) is 63.4 Å². The van der Waals surface area contributed by atoms with Crippen LogP contribution in [0.1, 0.15) is 25.7 Å². The van der Waals surface area contributed by atoms with Crippen molar-refractivity contribution in [3.63, 3.8) is 0 Å². The van der Waals surface area contributed by atoms with Crippen molar-refractivity contribution in [2.24, 2.45) is 5.92 Å². The number of imidazole rings is 1. The summed E-state index contributed by atoms with van der Waals surface area (Å²) in [4.78, 5) is 40.9. The van der Waals surface area contributed by atoms with E-state index in [2.05, 4.69) is 19.9 Å². The van der Waals surface area contributed by atoms with Crippen molar-refractivity contribution < 1.29 is 9.59 Å². The number of carbonyl (C=O) groups is 2. The molecule has 1 aliphatic heterocycles. The molecule has 8 heteroatoms. The number of Topliss-reactive ketones (excluding diaryl/α,β-unsaturated/α-hetero) is 1. The number of piperazine rings is 1. The molecule has 2 fully saturated rings. The zero-order valence-corrected chi connectivity index (χ0v) is 14.6. The van der Waals surface area contributed by atoms with Crippen LogP contribution in [-0.4, -0.2) is 62.3 Å². The smallest absolute Gasteiger partial charge is 0.225 e. The maximum Gasteiger partial charge on any atom is 0.225 e. The number of anilines is 1. The average Bonchev–Trinajstić information content (AvgIpc) is 3.23.